The second kappa shape index (κ2) is 4.63. The number of likely N-dealkylation sites (tertiary alicyclic amines) is 1. The van der Waals surface area contributed by atoms with E-state index in [1.54, 1.807) is 0 Å². The first-order chi connectivity index (χ1) is 8.79. The van der Waals surface area contributed by atoms with Gasteiger partial charge in [-0.1, -0.05) is 12.1 Å². The van der Waals surface area contributed by atoms with Crippen molar-refractivity contribution in [2.45, 2.75) is 32.2 Å². The van der Waals surface area contributed by atoms with Gasteiger partial charge < -0.3 is 10.2 Å². The van der Waals surface area contributed by atoms with Crippen LogP contribution in [0.5, 0.6) is 0 Å². The average molecular weight is 244 g/mol. The van der Waals surface area contributed by atoms with Crippen LogP contribution in [0, 0.1) is 5.92 Å². The highest BCUT2D eigenvalue weighted by atomic mass is 16.2. The van der Waals surface area contributed by atoms with Gasteiger partial charge in [0.1, 0.15) is 0 Å². The van der Waals surface area contributed by atoms with E-state index in [1.165, 1.54) is 19.3 Å². The Bertz CT molecular complexity index is 458. The second-order valence-electron chi connectivity index (χ2n) is 5.37. The predicted molar refractivity (Wildman–Crippen MR) is 72.8 cm³/mol. The fourth-order valence-electron chi connectivity index (χ4n) is 3.34. The number of nitrogens with zero attached hydrogens (tertiary/aromatic N) is 1. The normalized spacial score (nSPS) is 25.5. The van der Waals surface area contributed by atoms with Crippen molar-refractivity contribution in [2.75, 3.05) is 18.4 Å². The molecule has 1 aromatic carbocycles. The molecule has 3 heteroatoms. The number of anilines is 1. The zero-order valence-electron chi connectivity index (χ0n) is 10.9. The molecule has 2 aliphatic rings. The minimum Gasteiger partial charge on any atom is -0.385 e. The van der Waals surface area contributed by atoms with Gasteiger partial charge in [-0.2, -0.15) is 0 Å². The topological polar surface area (TPSA) is 32.3 Å². The molecule has 1 aliphatic heterocycles. The van der Waals surface area contributed by atoms with Crippen molar-refractivity contribution in [1.29, 1.82) is 0 Å². The van der Waals surface area contributed by atoms with Crippen LogP contribution in [-0.4, -0.2) is 29.9 Å². The van der Waals surface area contributed by atoms with Crippen LogP contribution in [-0.2, 0) is 0 Å². The lowest BCUT2D eigenvalue weighted by atomic mass is 10.1. The number of hydrogen-bond donors (Lipinski definition) is 1. The maximum absolute atomic E-state index is 12.6. The number of hydrogen-bond acceptors (Lipinski definition) is 2. The number of fused-ring (bicyclic) bond motifs is 2. The molecule has 1 aliphatic carbocycles. The number of carbonyl (C=O) groups excluding carboxylic acids is 1. The zero-order chi connectivity index (χ0) is 12.5. The van der Waals surface area contributed by atoms with E-state index in [1.807, 2.05) is 24.3 Å². The Morgan fingerprint density at radius 2 is 2.22 bits per heavy atom. The van der Waals surface area contributed by atoms with Gasteiger partial charge in [-0.25, -0.2) is 0 Å². The van der Waals surface area contributed by atoms with Gasteiger partial charge in [0.25, 0.3) is 5.91 Å². The molecule has 0 radical (unpaired) electrons. The van der Waals surface area contributed by atoms with Crippen molar-refractivity contribution in [2.24, 2.45) is 5.92 Å². The van der Waals surface area contributed by atoms with E-state index in [0.29, 0.717) is 6.04 Å². The molecular weight excluding hydrogens is 224 g/mol. The first-order valence-electron chi connectivity index (χ1n) is 6.93. The summed E-state index contributed by atoms with van der Waals surface area (Å²) in [5, 5.41) is 3.28. The van der Waals surface area contributed by atoms with Gasteiger partial charge in [-0.05, 0) is 44.2 Å². The van der Waals surface area contributed by atoms with Gasteiger partial charge in [0, 0.05) is 24.8 Å². The molecule has 1 amide bonds. The van der Waals surface area contributed by atoms with Gasteiger partial charge >= 0.3 is 0 Å². The van der Waals surface area contributed by atoms with Crippen molar-refractivity contribution in [1.82, 2.24) is 4.90 Å². The summed E-state index contributed by atoms with van der Waals surface area (Å²) >= 11 is 0. The molecule has 0 spiro atoms. The molecule has 18 heavy (non-hydrogen) atoms. The Morgan fingerprint density at radius 1 is 1.39 bits per heavy atom. The van der Waals surface area contributed by atoms with Gasteiger partial charge in [0.05, 0.1) is 5.56 Å². The third kappa shape index (κ3) is 1.88. The fourth-order valence-corrected chi connectivity index (χ4v) is 3.34. The van der Waals surface area contributed by atoms with Crippen LogP contribution in [0.4, 0.5) is 5.69 Å². The Hall–Kier alpha value is -1.51. The summed E-state index contributed by atoms with van der Waals surface area (Å²) < 4.78 is 0. The van der Waals surface area contributed by atoms with Crippen LogP contribution in [0.2, 0.25) is 0 Å². The zero-order valence-corrected chi connectivity index (χ0v) is 10.9. The van der Waals surface area contributed by atoms with Crippen LogP contribution < -0.4 is 5.32 Å². The molecule has 2 atom stereocenters. The lowest BCUT2D eigenvalue weighted by molar-refractivity contribution is 0.0704. The maximum Gasteiger partial charge on any atom is 0.256 e. The number of amides is 1. The number of para-hydroxylation sites is 1. The van der Waals surface area contributed by atoms with E-state index in [4.69, 9.17) is 0 Å². The van der Waals surface area contributed by atoms with Gasteiger partial charge in [-0.15, -0.1) is 0 Å². The molecule has 1 saturated carbocycles. The lowest BCUT2D eigenvalue weighted by Crippen LogP contribution is -2.37. The van der Waals surface area contributed by atoms with Crippen LogP contribution in [0.15, 0.2) is 24.3 Å². The first-order valence-corrected chi connectivity index (χ1v) is 6.93. The molecule has 1 saturated heterocycles. The molecular formula is C15H20N2O. The Balaban J connectivity index is 1.84. The summed E-state index contributed by atoms with van der Waals surface area (Å²) in [6, 6.07) is 8.35. The molecule has 2 unspecified atom stereocenters. The average Bonchev–Trinajstić information content (AvgIpc) is 3.01. The summed E-state index contributed by atoms with van der Waals surface area (Å²) in [5.41, 5.74) is 1.79. The molecule has 1 heterocycles. The number of carbonyl (C=O) groups is 1. The quantitative estimate of drug-likeness (QED) is 0.886. The van der Waals surface area contributed by atoms with Gasteiger partial charge in [0.2, 0.25) is 0 Å². The van der Waals surface area contributed by atoms with Crippen LogP contribution in [0.25, 0.3) is 0 Å². The smallest absolute Gasteiger partial charge is 0.256 e. The van der Waals surface area contributed by atoms with Crippen molar-refractivity contribution in [3.63, 3.8) is 0 Å². The summed E-state index contributed by atoms with van der Waals surface area (Å²) in [5.74, 6) is 0.962. The van der Waals surface area contributed by atoms with Crippen molar-refractivity contribution in [3.05, 3.63) is 29.8 Å². The number of nitrogens with one attached hydrogen (secondary N) is 1. The van der Waals surface area contributed by atoms with E-state index in [-0.39, 0.29) is 5.91 Å². The highest BCUT2D eigenvalue weighted by molar-refractivity contribution is 6.00. The van der Waals surface area contributed by atoms with Crippen LogP contribution in [0.3, 0.4) is 0 Å². The predicted octanol–water partition coefficient (Wildman–Crippen LogP) is 2.74. The maximum atomic E-state index is 12.6. The van der Waals surface area contributed by atoms with E-state index < -0.39 is 0 Å². The Morgan fingerprint density at radius 3 is 2.89 bits per heavy atom. The largest absolute Gasteiger partial charge is 0.385 e. The summed E-state index contributed by atoms with van der Waals surface area (Å²) in [6.45, 7) is 3.86. The van der Waals surface area contributed by atoms with Crippen molar-refractivity contribution in [3.8, 4) is 0 Å². The number of piperidine rings is 1. The monoisotopic (exact) mass is 244 g/mol. The van der Waals surface area contributed by atoms with E-state index in [2.05, 4.69) is 17.1 Å². The molecule has 1 aromatic rings. The van der Waals surface area contributed by atoms with Crippen LogP contribution >= 0.6 is 0 Å². The standard InChI is InChI=1S/C15H20N2O/c1-2-16-14-6-4-3-5-13(14)15(18)17-10-11-7-8-12(17)9-11/h3-6,11-12,16H,2,7-10H2,1H3. The summed E-state index contributed by atoms with van der Waals surface area (Å²) in [7, 11) is 0. The lowest BCUT2D eigenvalue weighted by Gasteiger charge is -2.27. The molecule has 3 rings (SSSR count). The highest BCUT2D eigenvalue weighted by Crippen LogP contribution is 2.38. The summed E-state index contributed by atoms with van der Waals surface area (Å²) in [6.07, 6.45) is 3.72. The molecule has 96 valence electrons. The molecule has 1 N–H and O–H groups in total. The SMILES string of the molecule is CCNc1ccccc1C(=O)N1CC2CCC1C2. The number of rotatable bonds is 3. The molecule has 0 aromatic heterocycles. The van der Waals surface area contributed by atoms with Crippen LogP contribution in [0.1, 0.15) is 36.5 Å². The highest BCUT2D eigenvalue weighted by Gasteiger charge is 2.40. The summed E-state index contributed by atoms with van der Waals surface area (Å²) in [4.78, 5) is 14.7. The second-order valence-corrected chi connectivity index (χ2v) is 5.37. The van der Waals surface area contributed by atoms with Gasteiger partial charge in [0.15, 0.2) is 0 Å². The van der Waals surface area contributed by atoms with Crippen molar-refractivity contribution >= 4 is 11.6 Å². The number of benzene rings is 1. The minimum absolute atomic E-state index is 0.207. The molecule has 2 bridgehead atoms. The van der Waals surface area contributed by atoms with Gasteiger partial charge in [-0.3, -0.25) is 4.79 Å². The van der Waals surface area contributed by atoms with E-state index in [0.717, 1.165) is 30.3 Å². The molecule has 3 nitrogen and oxygen atoms in total. The van der Waals surface area contributed by atoms with E-state index in [9.17, 15) is 4.79 Å². The first kappa shape index (κ1) is 11.6. The minimum atomic E-state index is 0.207. The third-order valence-corrected chi connectivity index (χ3v) is 4.19. The Kier molecular flexibility index (Phi) is 2.98. The van der Waals surface area contributed by atoms with E-state index >= 15 is 0 Å². The molecule has 2 fully saturated rings. The Labute approximate surface area is 108 Å². The fraction of sp³-hybridized carbons (Fsp3) is 0.533. The third-order valence-electron chi connectivity index (χ3n) is 4.19. The van der Waals surface area contributed by atoms with Crippen molar-refractivity contribution < 1.29 is 4.79 Å².